The van der Waals surface area contributed by atoms with Gasteiger partial charge in [0.25, 0.3) is 0 Å². The van der Waals surface area contributed by atoms with Crippen LogP contribution in [0.4, 0.5) is 0 Å². The fourth-order valence-electron chi connectivity index (χ4n) is 10.2. The monoisotopic (exact) mass is 774 g/mol. The predicted octanol–water partition coefficient (Wildman–Crippen LogP) is 13.7. The smallest absolute Gasteiger partial charge is 0.164 e. The Balaban J connectivity index is 1.04. The molecular formula is C57H34N4. The Morgan fingerprint density at radius 3 is 1.54 bits per heavy atom. The Bertz CT molecular complexity index is 3560. The molecule has 0 saturated heterocycles. The quantitative estimate of drug-likeness (QED) is 0.179. The third kappa shape index (κ3) is 5.00. The van der Waals surface area contributed by atoms with Crippen molar-refractivity contribution in [1.82, 2.24) is 19.9 Å². The van der Waals surface area contributed by atoms with Crippen molar-refractivity contribution in [3.63, 3.8) is 0 Å². The first-order chi connectivity index (χ1) is 30.2. The highest BCUT2D eigenvalue weighted by Gasteiger charge is 2.51. The molecule has 0 unspecified atom stereocenters. The molecule has 61 heavy (non-hydrogen) atoms. The van der Waals surface area contributed by atoms with Gasteiger partial charge in [0.2, 0.25) is 0 Å². The minimum Gasteiger partial charge on any atom is -0.256 e. The standard InChI is InChI=1S/C57H34N4/c1-2-12-38-31-41(27-22-35(38)11-1)54-59-55(61-56(60-54)47-18-9-13-36-23-25-39(32-48(36)47)40-26-24-37-14-10-30-58-53(37)34-40)42-28-29-46-45-17-5-8-21-51(45)57(52(46)33-42)49-19-6-3-15-43(49)44-16-4-7-20-50(44)57/h1-34H. The van der Waals surface area contributed by atoms with E-state index in [1.165, 1.54) is 49.9 Å². The summed E-state index contributed by atoms with van der Waals surface area (Å²) in [7, 11) is 0. The molecule has 0 aliphatic heterocycles. The molecule has 2 aromatic heterocycles. The van der Waals surface area contributed by atoms with Gasteiger partial charge in [0, 0.05) is 28.3 Å². The molecule has 0 bridgehead atoms. The third-order valence-corrected chi connectivity index (χ3v) is 13.0. The lowest BCUT2D eigenvalue weighted by Crippen LogP contribution is -2.25. The third-order valence-electron chi connectivity index (χ3n) is 13.0. The molecule has 0 saturated carbocycles. The number of fused-ring (bicyclic) bond motifs is 13. The highest BCUT2D eigenvalue weighted by Crippen LogP contribution is 2.63. The Morgan fingerprint density at radius 1 is 0.295 bits per heavy atom. The molecule has 0 radical (unpaired) electrons. The molecule has 1 spiro atoms. The van der Waals surface area contributed by atoms with Crippen LogP contribution in [0.1, 0.15) is 22.3 Å². The molecule has 4 heteroatoms. The van der Waals surface area contributed by atoms with Gasteiger partial charge >= 0.3 is 0 Å². The van der Waals surface area contributed by atoms with Crippen LogP contribution in [0.3, 0.4) is 0 Å². The summed E-state index contributed by atoms with van der Waals surface area (Å²) < 4.78 is 0. The van der Waals surface area contributed by atoms with Crippen LogP contribution in [0.5, 0.6) is 0 Å². The maximum absolute atomic E-state index is 5.40. The minimum absolute atomic E-state index is 0.476. The minimum atomic E-state index is -0.476. The summed E-state index contributed by atoms with van der Waals surface area (Å²) in [5, 5.41) is 5.62. The zero-order chi connectivity index (χ0) is 40.1. The average molecular weight is 775 g/mol. The van der Waals surface area contributed by atoms with Gasteiger partial charge in [-0.25, -0.2) is 15.0 Å². The molecule has 0 amide bonds. The van der Waals surface area contributed by atoms with Crippen molar-refractivity contribution in [2.45, 2.75) is 5.41 Å². The SMILES string of the molecule is c1ccc2c(c1)-c1ccccc1C21c2ccccc2-c2ccc(-c3nc(-c4ccc5ccccc5c4)nc(-c4cccc5ccc(-c6ccc7cccnc7c6)cc45)n3)cc21. The van der Waals surface area contributed by atoms with Crippen molar-refractivity contribution in [3.8, 4) is 67.5 Å². The molecule has 2 aliphatic rings. The van der Waals surface area contributed by atoms with Crippen LogP contribution in [0, 0.1) is 0 Å². The van der Waals surface area contributed by atoms with Crippen LogP contribution in [0.2, 0.25) is 0 Å². The second kappa shape index (κ2) is 13.0. The van der Waals surface area contributed by atoms with E-state index in [9.17, 15) is 0 Å². The van der Waals surface area contributed by atoms with Crippen molar-refractivity contribution in [2.75, 3.05) is 0 Å². The van der Waals surface area contributed by atoms with Gasteiger partial charge in [-0.05, 0) is 108 Å². The highest BCUT2D eigenvalue weighted by atomic mass is 15.0. The first-order valence-electron chi connectivity index (χ1n) is 20.8. The van der Waals surface area contributed by atoms with Crippen molar-refractivity contribution < 1.29 is 0 Å². The average Bonchev–Trinajstić information content (AvgIpc) is 3.80. The first kappa shape index (κ1) is 33.8. The molecule has 282 valence electrons. The number of rotatable bonds is 4. The molecular weight excluding hydrogens is 741 g/mol. The molecule has 0 N–H and O–H groups in total. The Morgan fingerprint density at radius 2 is 0.803 bits per heavy atom. The van der Waals surface area contributed by atoms with Gasteiger partial charge in [-0.3, -0.25) is 4.98 Å². The summed E-state index contributed by atoms with van der Waals surface area (Å²) in [6, 6.07) is 72.1. The lowest BCUT2D eigenvalue weighted by molar-refractivity contribution is 0.794. The number of aromatic nitrogens is 4. The summed E-state index contributed by atoms with van der Waals surface area (Å²) in [5.41, 5.74) is 15.8. The van der Waals surface area contributed by atoms with Crippen molar-refractivity contribution >= 4 is 32.4 Å². The maximum Gasteiger partial charge on any atom is 0.164 e. The number of nitrogens with zero attached hydrogens (tertiary/aromatic N) is 4. The van der Waals surface area contributed by atoms with E-state index in [2.05, 4.69) is 199 Å². The van der Waals surface area contributed by atoms with Crippen LogP contribution < -0.4 is 0 Å². The largest absolute Gasteiger partial charge is 0.256 e. The van der Waals surface area contributed by atoms with Crippen LogP contribution in [0.15, 0.2) is 206 Å². The molecule has 9 aromatic carbocycles. The summed E-state index contributed by atoms with van der Waals surface area (Å²) >= 11 is 0. The predicted molar refractivity (Wildman–Crippen MR) is 248 cm³/mol. The number of hydrogen-bond donors (Lipinski definition) is 0. The molecule has 2 heterocycles. The van der Waals surface area contributed by atoms with Crippen LogP contribution >= 0.6 is 0 Å². The van der Waals surface area contributed by atoms with E-state index >= 15 is 0 Å². The summed E-state index contributed by atoms with van der Waals surface area (Å²) in [4.78, 5) is 20.7. The molecule has 0 atom stereocenters. The Kier molecular flexibility index (Phi) is 7.19. The summed E-state index contributed by atoms with van der Waals surface area (Å²) in [6.07, 6.45) is 1.85. The van der Waals surface area contributed by atoms with Crippen molar-refractivity contribution in [2.24, 2.45) is 0 Å². The summed E-state index contributed by atoms with van der Waals surface area (Å²) in [5.74, 6) is 1.90. The lowest BCUT2D eigenvalue weighted by atomic mass is 9.70. The lowest BCUT2D eigenvalue weighted by Gasteiger charge is -2.30. The molecule has 0 fully saturated rings. The van der Waals surface area contributed by atoms with Gasteiger partial charge in [-0.15, -0.1) is 0 Å². The maximum atomic E-state index is 5.40. The summed E-state index contributed by atoms with van der Waals surface area (Å²) in [6.45, 7) is 0. The van der Waals surface area contributed by atoms with Gasteiger partial charge in [-0.1, -0.05) is 170 Å². The first-order valence-corrected chi connectivity index (χ1v) is 20.8. The van der Waals surface area contributed by atoms with E-state index in [0.29, 0.717) is 17.5 Å². The van der Waals surface area contributed by atoms with Crippen molar-refractivity contribution in [1.29, 1.82) is 0 Å². The van der Waals surface area contributed by atoms with E-state index < -0.39 is 5.41 Å². The van der Waals surface area contributed by atoms with Gasteiger partial charge in [-0.2, -0.15) is 0 Å². The van der Waals surface area contributed by atoms with Gasteiger partial charge < -0.3 is 0 Å². The molecule has 2 aliphatic carbocycles. The highest BCUT2D eigenvalue weighted by molar-refractivity contribution is 6.00. The molecule has 11 aromatic rings. The zero-order valence-corrected chi connectivity index (χ0v) is 32.9. The van der Waals surface area contributed by atoms with E-state index in [0.717, 1.165) is 54.9 Å². The van der Waals surface area contributed by atoms with Crippen LogP contribution in [-0.2, 0) is 5.41 Å². The molecule has 13 rings (SSSR count). The van der Waals surface area contributed by atoms with Gasteiger partial charge in [0.1, 0.15) is 0 Å². The van der Waals surface area contributed by atoms with E-state index in [1.807, 2.05) is 12.3 Å². The van der Waals surface area contributed by atoms with Gasteiger partial charge in [0.05, 0.1) is 10.9 Å². The topological polar surface area (TPSA) is 51.6 Å². The van der Waals surface area contributed by atoms with Crippen LogP contribution in [-0.4, -0.2) is 19.9 Å². The second-order valence-corrected chi connectivity index (χ2v) is 16.2. The zero-order valence-electron chi connectivity index (χ0n) is 32.9. The number of hydrogen-bond acceptors (Lipinski definition) is 4. The van der Waals surface area contributed by atoms with Gasteiger partial charge in [0.15, 0.2) is 17.5 Å². The Hall–Kier alpha value is -8.08. The van der Waals surface area contributed by atoms with Crippen molar-refractivity contribution in [3.05, 3.63) is 229 Å². The molecule has 4 nitrogen and oxygen atoms in total. The fraction of sp³-hybridized carbons (Fsp3) is 0.0175. The number of benzene rings is 9. The van der Waals surface area contributed by atoms with E-state index in [4.69, 9.17) is 15.0 Å². The van der Waals surface area contributed by atoms with E-state index in [1.54, 1.807) is 0 Å². The Labute approximate surface area is 352 Å². The number of pyridine rings is 1. The normalized spacial score (nSPS) is 13.0. The second-order valence-electron chi connectivity index (χ2n) is 16.2. The van der Waals surface area contributed by atoms with Crippen LogP contribution in [0.25, 0.3) is 100.0 Å². The van der Waals surface area contributed by atoms with E-state index in [-0.39, 0.29) is 0 Å². The fourth-order valence-corrected chi connectivity index (χ4v) is 10.2.